The Balaban J connectivity index is 1.30. The first-order valence-corrected chi connectivity index (χ1v) is 12.5. The number of aliphatic hydroxyl groups excluding tert-OH is 1. The summed E-state index contributed by atoms with van der Waals surface area (Å²) >= 11 is 0. The maximum absolute atomic E-state index is 12.8. The maximum atomic E-state index is 12.8. The summed E-state index contributed by atoms with van der Waals surface area (Å²) in [6, 6.07) is 13.9. The molecule has 1 amide bonds. The minimum absolute atomic E-state index is 0.0189. The van der Waals surface area contributed by atoms with Gasteiger partial charge in [-0.05, 0) is 53.8 Å². The van der Waals surface area contributed by atoms with Crippen molar-refractivity contribution >= 4 is 28.9 Å². The van der Waals surface area contributed by atoms with E-state index in [-0.39, 0.29) is 17.2 Å². The number of rotatable bonds is 7. The van der Waals surface area contributed by atoms with Crippen LogP contribution in [0.1, 0.15) is 37.0 Å². The number of aryl methyl sites for hydroxylation is 2. The molecule has 2 aliphatic rings. The number of hydrogen-bond acceptors (Lipinski definition) is 7. The lowest BCUT2D eigenvalue weighted by Gasteiger charge is -2.31. The van der Waals surface area contributed by atoms with Gasteiger partial charge in [-0.3, -0.25) is 4.79 Å². The smallest absolute Gasteiger partial charge is 0.227 e. The third-order valence-electron chi connectivity index (χ3n) is 7.37. The van der Waals surface area contributed by atoms with E-state index in [1.807, 2.05) is 37.6 Å². The molecule has 8 heteroatoms. The van der Waals surface area contributed by atoms with Gasteiger partial charge >= 0.3 is 0 Å². The van der Waals surface area contributed by atoms with Gasteiger partial charge in [0.25, 0.3) is 0 Å². The Morgan fingerprint density at radius 3 is 2.61 bits per heavy atom. The predicted octanol–water partition coefficient (Wildman–Crippen LogP) is 3.35. The van der Waals surface area contributed by atoms with Crippen molar-refractivity contribution in [3.05, 3.63) is 71.5 Å². The summed E-state index contributed by atoms with van der Waals surface area (Å²) in [5, 5.41) is 14.4. The number of carbonyl (C=O) groups is 1. The van der Waals surface area contributed by atoms with Crippen LogP contribution in [-0.2, 0) is 23.1 Å². The summed E-state index contributed by atoms with van der Waals surface area (Å²) < 4.78 is 0. The van der Waals surface area contributed by atoms with Crippen LogP contribution in [0.3, 0.4) is 0 Å². The summed E-state index contributed by atoms with van der Waals surface area (Å²) in [6.07, 6.45) is 5.05. The summed E-state index contributed by atoms with van der Waals surface area (Å²) in [6.45, 7) is 5.61. The van der Waals surface area contributed by atoms with Gasteiger partial charge in [0.05, 0.1) is 0 Å². The Kier molecular flexibility index (Phi) is 6.30. The number of aromatic nitrogens is 2. The van der Waals surface area contributed by atoms with Crippen molar-refractivity contribution in [1.29, 1.82) is 0 Å². The van der Waals surface area contributed by atoms with E-state index in [1.54, 1.807) is 11.0 Å². The van der Waals surface area contributed by atoms with Crippen molar-refractivity contribution in [2.75, 3.05) is 41.0 Å². The zero-order valence-corrected chi connectivity index (χ0v) is 21.1. The lowest BCUT2D eigenvalue weighted by Crippen LogP contribution is -2.43. The monoisotopic (exact) mass is 486 g/mol. The molecule has 1 aromatic heterocycles. The van der Waals surface area contributed by atoms with Crippen LogP contribution in [0.4, 0.5) is 23.0 Å². The molecule has 1 fully saturated rings. The van der Waals surface area contributed by atoms with E-state index < -0.39 is 6.23 Å². The van der Waals surface area contributed by atoms with Gasteiger partial charge in [0, 0.05) is 67.3 Å². The number of hydrogen-bond donors (Lipinski definition) is 3. The molecule has 2 aromatic carbocycles. The van der Waals surface area contributed by atoms with Gasteiger partial charge in [0.15, 0.2) is 0 Å². The van der Waals surface area contributed by atoms with Crippen LogP contribution >= 0.6 is 0 Å². The molecule has 0 bridgehead atoms. The van der Waals surface area contributed by atoms with Gasteiger partial charge in [-0.2, -0.15) is 0 Å². The molecule has 8 nitrogen and oxygen atoms in total. The largest absolute Gasteiger partial charge is 0.399 e. The Bertz CT molecular complexity index is 1260. The molecule has 4 N–H and O–H groups in total. The van der Waals surface area contributed by atoms with Crippen molar-refractivity contribution in [2.45, 2.75) is 44.8 Å². The van der Waals surface area contributed by atoms with E-state index in [1.165, 1.54) is 11.1 Å². The molecule has 188 valence electrons. The molecule has 2 atom stereocenters. The van der Waals surface area contributed by atoms with E-state index >= 15 is 0 Å². The summed E-state index contributed by atoms with van der Waals surface area (Å²) in [5.41, 5.74) is 11.9. The number of nitrogen functional groups attached to an aromatic ring is 1. The van der Waals surface area contributed by atoms with Crippen LogP contribution in [0, 0.1) is 5.92 Å². The van der Waals surface area contributed by atoms with Gasteiger partial charge in [0.2, 0.25) is 11.9 Å². The van der Waals surface area contributed by atoms with E-state index in [0.717, 1.165) is 29.8 Å². The highest BCUT2D eigenvalue weighted by Crippen LogP contribution is 2.43. The normalized spacial score (nSPS) is 19.4. The van der Waals surface area contributed by atoms with Crippen molar-refractivity contribution in [1.82, 2.24) is 9.97 Å². The van der Waals surface area contributed by atoms with Crippen LogP contribution in [0.2, 0.25) is 0 Å². The average molecular weight is 487 g/mol. The molecular formula is C28H34N6O2. The first-order valence-electron chi connectivity index (χ1n) is 12.5. The fourth-order valence-electron chi connectivity index (χ4n) is 5.40. The number of aliphatic hydroxyl groups is 1. The number of benzene rings is 2. The number of carbonyl (C=O) groups excluding carboxylic acids is 1. The molecule has 3 aromatic rings. The molecule has 2 aliphatic heterocycles. The Labute approximate surface area is 212 Å². The Morgan fingerprint density at radius 2 is 1.89 bits per heavy atom. The number of nitrogens with one attached hydrogen (secondary N) is 1. The number of fused-ring (bicyclic) bond motifs is 1. The number of anilines is 4. The number of amides is 1. The molecule has 0 aliphatic carbocycles. The van der Waals surface area contributed by atoms with Crippen molar-refractivity contribution in [3.63, 3.8) is 0 Å². The third kappa shape index (κ3) is 4.60. The van der Waals surface area contributed by atoms with E-state index in [9.17, 15) is 9.90 Å². The zero-order chi connectivity index (χ0) is 25.4. The molecule has 2 unspecified atom stereocenters. The summed E-state index contributed by atoms with van der Waals surface area (Å²) in [4.78, 5) is 25.2. The SMILES string of the molecule is CNc1ncc(CCc2ccc3c(c2)C(C)(C)CN3C(O)C2CC(=O)N(c3cccc(N)c3)C2)cn1. The second-order valence-electron chi connectivity index (χ2n) is 10.5. The second-order valence-corrected chi connectivity index (χ2v) is 10.5. The van der Waals surface area contributed by atoms with Crippen molar-refractivity contribution < 1.29 is 9.90 Å². The van der Waals surface area contributed by atoms with E-state index in [4.69, 9.17) is 5.73 Å². The highest BCUT2D eigenvalue weighted by Gasteiger charge is 2.43. The summed E-state index contributed by atoms with van der Waals surface area (Å²) in [7, 11) is 1.81. The van der Waals surface area contributed by atoms with Crippen molar-refractivity contribution in [2.24, 2.45) is 5.92 Å². The highest BCUT2D eigenvalue weighted by atomic mass is 16.3. The van der Waals surface area contributed by atoms with E-state index in [2.05, 4.69) is 52.2 Å². The van der Waals surface area contributed by atoms with Gasteiger partial charge in [-0.15, -0.1) is 0 Å². The van der Waals surface area contributed by atoms with Crippen LogP contribution in [-0.4, -0.2) is 47.3 Å². The van der Waals surface area contributed by atoms with Gasteiger partial charge in [-0.1, -0.05) is 32.0 Å². The maximum Gasteiger partial charge on any atom is 0.227 e. The topological polar surface area (TPSA) is 108 Å². The molecule has 5 rings (SSSR count). The molecule has 0 spiro atoms. The van der Waals surface area contributed by atoms with E-state index in [0.29, 0.717) is 31.1 Å². The molecular weight excluding hydrogens is 452 g/mol. The summed E-state index contributed by atoms with van der Waals surface area (Å²) in [5.74, 6) is 0.461. The quantitative estimate of drug-likeness (QED) is 0.440. The standard InChI is InChI=1S/C28H34N6O2/c1-28(2)17-34(26(36)20-12-25(35)33(16-20)22-6-4-5-21(29)13-22)24-10-9-18(11-23(24)28)7-8-19-14-31-27(30-3)32-15-19/h4-6,9-11,13-15,20,26,36H,7-8,12,16-17,29H2,1-3H3,(H,30,31,32). The van der Waals surface area contributed by atoms with Gasteiger partial charge in [0.1, 0.15) is 6.23 Å². The van der Waals surface area contributed by atoms with Crippen LogP contribution in [0.15, 0.2) is 54.9 Å². The fourth-order valence-corrected chi connectivity index (χ4v) is 5.40. The predicted molar refractivity (Wildman–Crippen MR) is 143 cm³/mol. The molecule has 3 heterocycles. The fraction of sp³-hybridized carbons (Fsp3) is 0.393. The Hall–Kier alpha value is -3.65. The third-order valence-corrected chi connectivity index (χ3v) is 7.37. The Morgan fingerprint density at radius 1 is 1.14 bits per heavy atom. The molecule has 36 heavy (non-hydrogen) atoms. The second kappa shape index (κ2) is 9.43. The van der Waals surface area contributed by atoms with Gasteiger partial charge < -0.3 is 26.0 Å². The lowest BCUT2D eigenvalue weighted by atomic mass is 9.85. The molecule has 0 saturated carbocycles. The number of nitrogens with zero attached hydrogens (tertiary/aromatic N) is 4. The zero-order valence-electron chi connectivity index (χ0n) is 21.1. The highest BCUT2D eigenvalue weighted by molar-refractivity contribution is 5.96. The lowest BCUT2D eigenvalue weighted by molar-refractivity contribution is -0.117. The van der Waals surface area contributed by atoms with Crippen LogP contribution in [0.5, 0.6) is 0 Å². The average Bonchev–Trinajstić information content (AvgIpc) is 3.39. The van der Waals surface area contributed by atoms with Crippen LogP contribution in [0.25, 0.3) is 0 Å². The van der Waals surface area contributed by atoms with Crippen molar-refractivity contribution in [3.8, 4) is 0 Å². The minimum Gasteiger partial charge on any atom is -0.399 e. The molecule has 0 radical (unpaired) electrons. The first kappa shape index (κ1) is 24.1. The van der Waals surface area contributed by atoms with Crippen LogP contribution < -0.4 is 20.9 Å². The van der Waals surface area contributed by atoms with Gasteiger partial charge in [-0.25, -0.2) is 9.97 Å². The number of nitrogens with two attached hydrogens (primary N) is 1. The molecule has 1 saturated heterocycles. The minimum atomic E-state index is -0.741. The first-order chi connectivity index (χ1) is 17.2.